The van der Waals surface area contributed by atoms with Crippen LogP contribution in [0.5, 0.6) is 11.5 Å². The maximum atomic E-state index is 12.9. The van der Waals surface area contributed by atoms with Gasteiger partial charge in [0.2, 0.25) is 18.6 Å². The molecule has 2 fully saturated rings. The standard InChI is InChI=1S/C21H26N2O7/c1-3-30-23-19(25)12-15(20(26)27-2)21(23)6-8-22(9-7-21)18(24)11-14-4-5-16-17(10-14)29-13-28-16/h4-5,10,15H,3,6-9,11-13H2,1-2H3. The number of piperidine rings is 1. The van der Waals surface area contributed by atoms with Crippen LogP contribution in [0.1, 0.15) is 31.7 Å². The van der Waals surface area contributed by atoms with Crippen LogP contribution in [0.15, 0.2) is 18.2 Å². The summed E-state index contributed by atoms with van der Waals surface area (Å²) in [4.78, 5) is 45.1. The van der Waals surface area contributed by atoms with E-state index in [2.05, 4.69) is 0 Å². The van der Waals surface area contributed by atoms with E-state index in [-0.39, 0.29) is 31.4 Å². The van der Waals surface area contributed by atoms with E-state index in [1.165, 1.54) is 12.2 Å². The number of rotatable bonds is 5. The summed E-state index contributed by atoms with van der Waals surface area (Å²) in [5, 5.41) is 1.37. The van der Waals surface area contributed by atoms with Gasteiger partial charge in [0.05, 0.1) is 31.6 Å². The molecule has 0 bridgehead atoms. The number of ether oxygens (including phenoxy) is 3. The number of likely N-dealkylation sites (tertiary alicyclic amines) is 1. The maximum Gasteiger partial charge on any atom is 0.311 e. The molecule has 3 heterocycles. The molecule has 2 saturated heterocycles. The molecular formula is C21H26N2O7. The maximum absolute atomic E-state index is 12.9. The molecule has 2 amide bonds. The molecule has 1 spiro atoms. The molecule has 3 aliphatic heterocycles. The molecule has 1 aromatic carbocycles. The third-order valence-corrected chi connectivity index (χ3v) is 6.18. The average Bonchev–Trinajstić information content (AvgIpc) is 3.32. The van der Waals surface area contributed by atoms with E-state index < -0.39 is 17.4 Å². The highest BCUT2D eigenvalue weighted by Gasteiger charge is 2.58. The average molecular weight is 418 g/mol. The van der Waals surface area contributed by atoms with Gasteiger partial charge in [-0.1, -0.05) is 6.07 Å². The van der Waals surface area contributed by atoms with E-state index in [0.717, 1.165) is 5.56 Å². The molecule has 0 radical (unpaired) electrons. The summed E-state index contributed by atoms with van der Waals surface area (Å²) in [6, 6.07) is 5.49. The molecule has 1 unspecified atom stereocenters. The zero-order valence-electron chi connectivity index (χ0n) is 17.2. The first-order valence-electron chi connectivity index (χ1n) is 10.2. The third kappa shape index (κ3) is 3.47. The van der Waals surface area contributed by atoms with Crippen LogP contribution in [-0.4, -0.2) is 66.9 Å². The zero-order chi connectivity index (χ0) is 21.3. The van der Waals surface area contributed by atoms with Gasteiger partial charge in [0, 0.05) is 19.5 Å². The van der Waals surface area contributed by atoms with Gasteiger partial charge in [-0.25, -0.2) is 5.06 Å². The number of hydrogen-bond acceptors (Lipinski definition) is 7. The minimum absolute atomic E-state index is 0.00869. The number of carbonyl (C=O) groups excluding carboxylic acids is 3. The summed E-state index contributed by atoms with van der Waals surface area (Å²) in [5.41, 5.74) is 0.0828. The minimum atomic E-state index is -0.768. The summed E-state index contributed by atoms with van der Waals surface area (Å²) in [7, 11) is 1.33. The van der Waals surface area contributed by atoms with Crippen molar-refractivity contribution in [2.45, 2.75) is 38.1 Å². The van der Waals surface area contributed by atoms with E-state index in [4.69, 9.17) is 19.0 Å². The number of amides is 2. The Kier molecular flexibility index (Phi) is 5.55. The number of esters is 1. The molecular weight excluding hydrogens is 392 g/mol. The summed E-state index contributed by atoms with van der Waals surface area (Å²) in [5.74, 6) is 0.105. The SMILES string of the molecule is CCON1C(=O)CC(C(=O)OC)C12CCN(C(=O)Cc1ccc3c(c1)OCO3)CC2. The number of carbonyl (C=O) groups is 3. The van der Waals surface area contributed by atoms with E-state index in [1.807, 2.05) is 12.1 Å². The van der Waals surface area contributed by atoms with Crippen molar-refractivity contribution in [3.63, 3.8) is 0 Å². The fourth-order valence-corrected chi connectivity index (χ4v) is 4.64. The third-order valence-electron chi connectivity index (χ3n) is 6.18. The lowest BCUT2D eigenvalue weighted by molar-refractivity contribution is -0.221. The smallest absolute Gasteiger partial charge is 0.311 e. The molecule has 1 aromatic rings. The van der Waals surface area contributed by atoms with E-state index in [1.54, 1.807) is 17.9 Å². The number of hydroxylamine groups is 2. The molecule has 0 N–H and O–H groups in total. The van der Waals surface area contributed by atoms with Crippen molar-refractivity contribution in [3.8, 4) is 11.5 Å². The van der Waals surface area contributed by atoms with Crippen molar-refractivity contribution in [2.24, 2.45) is 5.92 Å². The van der Waals surface area contributed by atoms with Crippen LogP contribution in [0, 0.1) is 5.92 Å². The van der Waals surface area contributed by atoms with Crippen molar-refractivity contribution >= 4 is 17.8 Å². The summed E-state index contributed by atoms with van der Waals surface area (Å²) in [6.45, 7) is 3.20. The van der Waals surface area contributed by atoms with Crippen LogP contribution in [0.2, 0.25) is 0 Å². The van der Waals surface area contributed by atoms with Crippen molar-refractivity contribution in [1.82, 2.24) is 9.96 Å². The largest absolute Gasteiger partial charge is 0.469 e. The highest BCUT2D eigenvalue weighted by molar-refractivity contribution is 5.88. The van der Waals surface area contributed by atoms with Crippen molar-refractivity contribution in [1.29, 1.82) is 0 Å². The van der Waals surface area contributed by atoms with Gasteiger partial charge in [0.15, 0.2) is 11.5 Å². The van der Waals surface area contributed by atoms with Crippen LogP contribution in [-0.2, 0) is 30.4 Å². The lowest BCUT2D eigenvalue weighted by atomic mass is 9.77. The Balaban J connectivity index is 1.45. The van der Waals surface area contributed by atoms with Gasteiger partial charge in [-0.2, -0.15) is 0 Å². The predicted molar refractivity (Wildman–Crippen MR) is 103 cm³/mol. The van der Waals surface area contributed by atoms with E-state index in [9.17, 15) is 14.4 Å². The normalized spacial score (nSPS) is 21.9. The number of methoxy groups -OCH3 is 1. The Morgan fingerprint density at radius 1 is 1.20 bits per heavy atom. The van der Waals surface area contributed by atoms with Crippen molar-refractivity contribution in [3.05, 3.63) is 23.8 Å². The monoisotopic (exact) mass is 418 g/mol. The summed E-state index contributed by atoms with van der Waals surface area (Å²) < 4.78 is 15.6. The number of fused-ring (bicyclic) bond motifs is 1. The Morgan fingerprint density at radius 2 is 1.93 bits per heavy atom. The first-order chi connectivity index (χ1) is 14.5. The van der Waals surface area contributed by atoms with Crippen LogP contribution in [0.3, 0.4) is 0 Å². The topological polar surface area (TPSA) is 94.6 Å². The van der Waals surface area contributed by atoms with Gasteiger partial charge in [0.1, 0.15) is 0 Å². The van der Waals surface area contributed by atoms with Gasteiger partial charge in [0.25, 0.3) is 0 Å². The van der Waals surface area contributed by atoms with E-state index in [0.29, 0.717) is 44.0 Å². The molecule has 0 saturated carbocycles. The second-order valence-corrected chi connectivity index (χ2v) is 7.73. The van der Waals surface area contributed by atoms with Gasteiger partial charge in [-0.05, 0) is 37.5 Å². The molecule has 9 nitrogen and oxygen atoms in total. The fourth-order valence-electron chi connectivity index (χ4n) is 4.64. The quantitative estimate of drug-likeness (QED) is 0.665. The summed E-state index contributed by atoms with van der Waals surface area (Å²) >= 11 is 0. The Hall–Kier alpha value is -2.81. The fraction of sp³-hybridized carbons (Fsp3) is 0.571. The zero-order valence-corrected chi connectivity index (χ0v) is 17.2. The summed E-state index contributed by atoms with van der Waals surface area (Å²) in [6.07, 6.45) is 1.24. The van der Waals surface area contributed by atoms with Crippen LogP contribution < -0.4 is 9.47 Å². The van der Waals surface area contributed by atoms with Crippen molar-refractivity contribution in [2.75, 3.05) is 33.6 Å². The number of hydrogen-bond donors (Lipinski definition) is 0. The number of nitrogens with zero attached hydrogens (tertiary/aromatic N) is 2. The van der Waals surface area contributed by atoms with Gasteiger partial charge >= 0.3 is 5.97 Å². The second-order valence-electron chi connectivity index (χ2n) is 7.73. The Labute approximate surface area is 174 Å². The molecule has 1 atom stereocenters. The first kappa shape index (κ1) is 20.5. The van der Waals surface area contributed by atoms with E-state index >= 15 is 0 Å². The van der Waals surface area contributed by atoms with Gasteiger partial charge in [-0.3, -0.25) is 19.2 Å². The molecule has 4 rings (SSSR count). The molecule has 0 aliphatic carbocycles. The lowest BCUT2D eigenvalue weighted by Crippen LogP contribution is -2.58. The first-order valence-corrected chi connectivity index (χ1v) is 10.2. The molecule has 30 heavy (non-hydrogen) atoms. The molecule has 162 valence electrons. The lowest BCUT2D eigenvalue weighted by Gasteiger charge is -2.45. The molecule has 3 aliphatic rings. The molecule has 9 heteroatoms. The Morgan fingerprint density at radius 3 is 2.63 bits per heavy atom. The van der Waals surface area contributed by atoms with Gasteiger partial charge < -0.3 is 19.1 Å². The molecule has 0 aromatic heterocycles. The second kappa shape index (κ2) is 8.14. The van der Waals surface area contributed by atoms with Gasteiger partial charge in [-0.15, -0.1) is 0 Å². The van der Waals surface area contributed by atoms with Crippen LogP contribution >= 0.6 is 0 Å². The Bertz CT molecular complexity index is 848. The highest BCUT2D eigenvalue weighted by atomic mass is 16.7. The predicted octanol–water partition coefficient (Wildman–Crippen LogP) is 1.29. The van der Waals surface area contributed by atoms with Crippen LogP contribution in [0.4, 0.5) is 0 Å². The van der Waals surface area contributed by atoms with Crippen LogP contribution in [0.25, 0.3) is 0 Å². The highest BCUT2D eigenvalue weighted by Crippen LogP contribution is 2.44. The number of benzene rings is 1. The van der Waals surface area contributed by atoms with Crippen molar-refractivity contribution < 1.29 is 33.4 Å². The minimum Gasteiger partial charge on any atom is -0.469 e.